The molecule has 0 saturated carbocycles. The number of rotatable bonds is 4. The fourth-order valence-corrected chi connectivity index (χ4v) is 1.95. The molecule has 1 unspecified atom stereocenters. The number of benzene rings is 1. The van der Waals surface area contributed by atoms with E-state index in [9.17, 15) is 10.2 Å². The third kappa shape index (κ3) is 2.90. The molecule has 1 atom stereocenters. The number of aryl methyl sites for hydroxylation is 2. The highest BCUT2D eigenvalue weighted by atomic mass is 16.3. The Kier molecular flexibility index (Phi) is 3.39. The predicted molar refractivity (Wildman–Crippen MR) is 69.2 cm³/mol. The Morgan fingerprint density at radius 3 is 2.50 bits per heavy atom. The first kappa shape index (κ1) is 12.6. The highest BCUT2D eigenvalue weighted by molar-refractivity contribution is 5.29. The van der Waals surface area contributed by atoms with E-state index in [1.54, 1.807) is 35.9 Å². The molecule has 1 heterocycles. The fraction of sp³-hybridized carbons (Fsp3) is 0.357. The van der Waals surface area contributed by atoms with E-state index in [0.717, 1.165) is 17.5 Å². The lowest BCUT2D eigenvalue weighted by atomic mass is 9.90. The SMILES string of the molecule is Cn1cc(CCC(C)(O)c2ccc(O)cc2)cn1. The van der Waals surface area contributed by atoms with Crippen LogP contribution in [0.3, 0.4) is 0 Å². The van der Waals surface area contributed by atoms with Crippen LogP contribution in [0.4, 0.5) is 0 Å². The highest BCUT2D eigenvalue weighted by Crippen LogP contribution is 2.27. The molecular formula is C14H18N2O2. The molecule has 2 rings (SSSR count). The van der Waals surface area contributed by atoms with Crippen LogP contribution in [0.5, 0.6) is 5.75 Å². The smallest absolute Gasteiger partial charge is 0.115 e. The molecule has 0 fully saturated rings. The van der Waals surface area contributed by atoms with Crippen LogP contribution in [0.15, 0.2) is 36.7 Å². The van der Waals surface area contributed by atoms with E-state index < -0.39 is 5.60 Å². The molecule has 0 aliphatic rings. The van der Waals surface area contributed by atoms with Gasteiger partial charge in [0, 0.05) is 13.2 Å². The molecule has 18 heavy (non-hydrogen) atoms. The zero-order valence-electron chi connectivity index (χ0n) is 10.7. The van der Waals surface area contributed by atoms with E-state index in [1.807, 2.05) is 19.4 Å². The molecule has 0 aliphatic carbocycles. The monoisotopic (exact) mass is 246 g/mol. The number of nitrogens with zero attached hydrogens (tertiary/aromatic N) is 2. The Hall–Kier alpha value is -1.81. The summed E-state index contributed by atoms with van der Waals surface area (Å²) in [5, 5.41) is 23.8. The van der Waals surface area contributed by atoms with E-state index in [2.05, 4.69) is 5.10 Å². The highest BCUT2D eigenvalue weighted by Gasteiger charge is 2.22. The van der Waals surface area contributed by atoms with Crippen molar-refractivity contribution >= 4 is 0 Å². The Morgan fingerprint density at radius 1 is 1.28 bits per heavy atom. The van der Waals surface area contributed by atoms with Crippen LogP contribution < -0.4 is 0 Å². The topological polar surface area (TPSA) is 58.3 Å². The first-order valence-electron chi connectivity index (χ1n) is 5.97. The lowest BCUT2D eigenvalue weighted by Crippen LogP contribution is -2.21. The van der Waals surface area contributed by atoms with Crippen LogP contribution in [-0.4, -0.2) is 20.0 Å². The Labute approximate surface area is 107 Å². The van der Waals surface area contributed by atoms with E-state index in [1.165, 1.54) is 0 Å². The minimum absolute atomic E-state index is 0.210. The minimum atomic E-state index is -0.899. The number of hydrogen-bond donors (Lipinski definition) is 2. The summed E-state index contributed by atoms with van der Waals surface area (Å²) < 4.78 is 1.75. The predicted octanol–water partition coefficient (Wildman–Crippen LogP) is 1.97. The largest absolute Gasteiger partial charge is 0.508 e. The minimum Gasteiger partial charge on any atom is -0.508 e. The fourth-order valence-electron chi connectivity index (χ4n) is 1.95. The Morgan fingerprint density at radius 2 is 1.94 bits per heavy atom. The molecule has 1 aromatic carbocycles. The average molecular weight is 246 g/mol. The maximum atomic E-state index is 10.4. The second kappa shape index (κ2) is 4.82. The van der Waals surface area contributed by atoms with Gasteiger partial charge in [-0.1, -0.05) is 12.1 Å². The van der Waals surface area contributed by atoms with Gasteiger partial charge in [-0.3, -0.25) is 4.68 Å². The molecule has 1 aromatic heterocycles. The number of aliphatic hydroxyl groups is 1. The lowest BCUT2D eigenvalue weighted by molar-refractivity contribution is 0.0480. The van der Waals surface area contributed by atoms with Crippen LogP contribution in [-0.2, 0) is 19.1 Å². The summed E-state index contributed by atoms with van der Waals surface area (Å²) >= 11 is 0. The van der Waals surface area contributed by atoms with Crippen molar-refractivity contribution < 1.29 is 10.2 Å². The van der Waals surface area contributed by atoms with Gasteiger partial charge in [-0.2, -0.15) is 5.10 Å². The summed E-state index contributed by atoms with van der Waals surface area (Å²) in [5.41, 5.74) is 1.02. The average Bonchev–Trinajstić information content (AvgIpc) is 2.73. The summed E-state index contributed by atoms with van der Waals surface area (Å²) in [6, 6.07) is 6.68. The first-order chi connectivity index (χ1) is 8.47. The quantitative estimate of drug-likeness (QED) is 0.867. The summed E-state index contributed by atoms with van der Waals surface area (Å²) in [6.07, 6.45) is 5.14. The number of hydrogen-bond acceptors (Lipinski definition) is 3. The number of aromatic nitrogens is 2. The number of phenolic OH excluding ortho intramolecular Hbond substituents is 1. The standard InChI is InChI=1S/C14H18N2O2/c1-14(18,12-3-5-13(17)6-4-12)8-7-11-9-15-16(2)10-11/h3-6,9-10,17-18H,7-8H2,1-2H3. The summed E-state index contributed by atoms with van der Waals surface area (Å²) in [5.74, 6) is 0.210. The van der Waals surface area contributed by atoms with Gasteiger partial charge in [0.05, 0.1) is 11.8 Å². The molecular weight excluding hydrogens is 228 g/mol. The van der Waals surface area contributed by atoms with Crippen molar-refractivity contribution in [2.24, 2.45) is 7.05 Å². The van der Waals surface area contributed by atoms with Crippen molar-refractivity contribution in [2.75, 3.05) is 0 Å². The summed E-state index contributed by atoms with van der Waals surface area (Å²) in [6.45, 7) is 1.79. The molecule has 4 nitrogen and oxygen atoms in total. The third-order valence-electron chi connectivity index (χ3n) is 3.15. The van der Waals surface area contributed by atoms with Crippen LogP contribution in [0.25, 0.3) is 0 Å². The lowest BCUT2D eigenvalue weighted by Gasteiger charge is -2.23. The van der Waals surface area contributed by atoms with Crippen LogP contribution in [0, 0.1) is 0 Å². The summed E-state index contributed by atoms with van der Waals surface area (Å²) in [4.78, 5) is 0. The van der Waals surface area contributed by atoms with Gasteiger partial charge >= 0.3 is 0 Å². The van der Waals surface area contributed by atoms with Crippen molar-refractivity contribution in [3.63, 3.8) is 0 Å². The molecule has 4 heteroatoms. The van der Waals surface area contributed by atoms with Gasteiger partial charge in [0.2, 0.25) is 0 Å². The van der Waals surface area contributed by atoms with Gasteiger partial charge < -0.3 is 10.2 Å². The van der Waals surface area contributed by atoms with Crippen molar-refractivity contribution in [1.29, 1.82) is 0 Å². The molecule has 2 aromatic rings. The van der Waals surface area contributed by atoms with Crippen molar-refractivity contribution in [1.82, 2.24) is 9.78 Å². The van der Waals surface area contributed by atoms with Crippen molar-refractivity contribution in [2.45, 2.75) is 25.4 Å². The van der Waals surface area contributed by atoms with E-state index in [4.69, 9.17) is 0 Å². The molecule has 0 bridgehead atoms. The second-order valence-electron chi connectivity index (χ2n) is 4.84. The van der Waals surface area contributed by atoms with Gasteiger partial charge in [0.25, 0.3) is 0 Å². The van der Waals surface area contributed by atoms with Crippen molar-refractivity contribution in [3.05, 3.63) is 47.8 Å². The number of phenols is 1. The van der Waals surface area contributed by atoms with Crippen LogP contribution >= 0.6 is 0 Å². The van der Waals surface area contributed by atoms with E-state index in [-0.39, 0.29) is 5.75 Å². The van der Waals surface area contributed by atoms with Gasteiger partial charge in [0.1, 0.15) is 5.75 Å². The maximum Gasteiger partial charge on any atom is 0.115 e. The van der Waals surface area contributed by atoms with E-state index in [0.29, 0.717) is 6.42 Å². The summed E-state index contributed by atoms with van der Waals surface area (Å²) in [7, 11) is 1.88. The van der Waals surface area contributed by atoms with Crippen LogP contribution in [0.2, 0.25) is 0 Å². The zero-order chi connectivity index (χ0) is 13.2. The molecule has 0 aliphatic heterocycles. The molecule has 0 spiro atoms. The molecule has 0 amide bonds. The number of aromatic hydroxyl groups is 1. The molecule has 2 N–H and O–H groups in total. The van der Waals surface area contributed by atoms with Gasteiger partial charge in [0.15, 0.2) is 0 Å². The maximum absolute atomic E-state index is 10.4. The Bertz CT molecular complexity index is 515. The molecule has 0 radical (unpaired) electrons. The normalized spacial score (nSPS) is 14.4. The third-order valence-corrected chi connectivity index (χ3v) is 3.15. The van der Waals surface area contributed by atoms with Gasteiger partial charge in [-0.25, -0.2) is 0 Å². The Balaban J connectivity index is 2.04. The molecule has 96 valence electrons. The van der Waals surface area contributed by atoms with Gasteiger partial charge in [-0.15, -0.1) is 0 Å². The molecule has 0 saturated heterocycles. The van der Waals surface area contributed by atoms with Crippen LogP contribution in [0.1, 0.15) is 24.5 Å². The van der Waals surface area contributed by atoms with E-state index >= 15 is 0 Å². The first-order valence-corrected chi connectivity index (χ1v) is 5.97. The van der Waals surface area contributed by atoms with Crippen molar-refractivity contribution in [3.8, 4) is 5.75 Å². The van der Waals surface area contributed by atoms with Gasteiger partial charge in [-0.05, 0) is 43.0 Å². The zero-order valence-corrected chi connectivity index (χ0v) is 10.7. The second-order valence-corrected chi connectivity index (χ2v) is 4.84.